The second-order valence-electron chi connectivity index (χ2n) is 7.64. The third kappa shape index (κ3) is 4.85. The summed E-state index contributed by atoms with van der Waals surface area (Å²) in [5.41, 5.74) is 11.0. The third-order valence-electron chi connectivity index (χ3n) is 5.50. The van der Waals surface area contributed by atoms with Crippen molar-refractivity contribution in [3.05, 3.63) is 65.2 Å². The molecule has 1 saturated heterocycles. The predicted molar refractivity (Wildman–Crippen MR) is 115 cm³/mol. The van der Waals surface area contributed by atoms with Crippen LogP contribution in [0.25, 0.3) is 5.57 Å². The van der Waals surface area contributed by atoms with Crippen molar-refractivity contribution in [3.63, 3.8) is 0 Å². The Morgan fingerprint density at radius 1 is 1.17 bits per heavy atom. The number of rotatable bonds is 5. The number of nitrogen functional groups attached to an aromatic ring is 1. The molecule has 1 atom stereocenters. The van der Waals surface area contributed by atoms with E-state index >= 15 is 0 Å². The van der Waals surface area contributed by atoms with E-state index < -0.39 is 6.10 Å². The molecule has 2 aliphatic rings. The maximum Gasteiger partial charge on any atom is 0.255 e. The maximum absolute atomic E-state index is 12.7. The first kappa shape index (κ1) is 19.6. The quantitative estimate of drug-likeness (QED) is 0.680. The van der Waals surface area contributed by atoms with E-state index in [-0.39, 0.29) is 5.91 Å². The van der Waals surface area contributed by atoms with Gasteiger partial charge in [-0.3, -0.25) is 9.69 Å². The van der Waals surface area contributed by atoms with Crippen LogP contribution in [0.4, 0.5) is 11.4 Å². The number of nitrogens with two attached hydrogens (primary N) is 1. The van der Waals surface area contributed by atoms with Crippen LogP contribution in [0.3, 0.4) is 0 Å². The summed E-state index contributed by atoms with van der Waals surface area (Å²) in [5, 5.41) is 12.6. The minimum absolute atomic E-state index is 0.188. The molecule has 4 N–H and O–H groups in total. The maximum atomic E-state index is 12.7. The zero-order chi connectivity index (χ0) is 20.2. The van der Waals surface area contributed by atoms with Crippen LogP contribution in [-0.4, -0.2) is 48.3 Å². The van der Waals surface area contributed by atoms with E-state index in [1.54, 1.807) is 6.07 Å². The molecule has 1 fully saturated rings. The standard InChI is InChI=1S/C23H27N3O3/c24-21-8-6-19(18-5-7-20(27)13-18)14-22(21)25-23(28)17-3-1-16(2-4-17)15-26-9-11-29-12-10-26/h1-4,6,8,13-14,20,27H,5,7,9-12,15,24H2,(H,25,28). The molecule has 1 aliphatic carbocycles. The van der Waals surface area contributed by atoms with Gasteiger partial charge in [-0.2, -0.15) is 0 Å². The van der Waals surface area contributed by atoms with Gasteiger partial charge in [0.2, 0.25) is 0 Å². The SMILES string of the molecule is Nc1ccc(C2=CC(O)CC2)cc1NC(=O)c1ccc(CN2CCOCC2)cc1. The number of hydrogen-bond acceptors (Lipinski definition) is 5. The Morgan fingerprint density at radius 3 is 2.62 bits per heavy atom. The van der Waals surface area contributed by atoms with Crippen molar-refractivity contribution in [1.82, 2.24) is 4.90 Å². The summed E-state index contributed by atoms with van der Waals surface area (Å²) in [6.45, 7) is 4.28. The van der Waals surface area contributed by atoms with Crippen LogP contribution in [0.5, 0.6) is 0 Å². The van der Waals surface area contributed by atoms with Crippen LogP contribution in [0.1, 0.15) is 34.3 Å². The number of carbonyl (C=O) groups excluding carboxylic acids is 1. The first-order valence-corrected chi connectivity index (χ1v) is 10.1. The number of carbonyl (C=O) groups is 1. The van der Waals surface area contributed by atoms with Gasteiger partial charge in [-0.1, -0.05) is 24.3 Å². The number of benzene rings is 2. The van der Waals surface area contributed by atoms with E-state index in [0.717, 1.165) is 56.8 Å². The topological polar surface area (TPSA) is 87.8 Å². The predicted octanol–water partition coefficient (Wildman–Crippen LogP) is 2.89. The summed E-state index contributed by atoms with van der Waals surface area (Å²) < 4.78 is 5.38. The fourth-order valence-electron chi connectivity index (χ4n) is 3.78. The number of ether oxygens (including phenoxy) is 1. The smallest absolute Gasteiger partial charge is 0.255 e. The van der Waals surface area contributed by atoms with E-state index in [4.69, 9.17) is 10.5 Å². The van der Waals surface area contributed by atoms with Crippen molar-refractivity contribution in [2.75, 3.05) is 37.4 Å². The van der Waals surface area contributed by atoms with E-state index in [9.17, 15) is 9.90 Å². The lowest BCUT2D eigenvalue weighted by Gasteiger charge is -2.26. The van der Waals surface area contributed by atoms with Gasteiger partial charge >= 0.3 is 0 Å². The number of allylic oxidation sites excluding steroid dienone is 1. The average Bonchev–Trinajstić information content (AvgIpc) is 3.17. The Kier molecular flexibility index (Phi) is 5.94. The molecule has 6 heteroatoms. The van der Waals surface area contributed by atoms with Gasteiger partial charge in [0.1, 0.15) is 0 Å². The molecule has 1 unspecified atom stereocenters. The van der Waals surface area contributed by atoms with E-state index in [1.165, 1.54) is 5.56 Å². The Morgan fingerprint density at radius 2 is 1.93 bits per heavy atom. The van der Waals surface area contributed by atoms with E-state index in [2.05, 4.69) is 10.2 Å². The van der Waals surface area contributed by atoms with Crippen molar-refractivity contribution in [2.24, 2.45) is 0 Å². The Hall–Kier alpha value is -2.67. The summed E-state index contributed by atoms with van der Waals surface area (Å²) in [6.07, 6.45) is 3.03. The molecular weight excluding hydrogens is 366 g/mol. The number of morpholine rings is 1. The summed E-state index contributed by atoms with van der Waals surface area (Å²) in [6, 6.07) is 13.3. The molecule has 152 valence electrons. The van der Waals surface area contributed by atoms with Gasteiger partial charge in [-0.05, 0) is 53.8 Å². The molecule has 2 aromatic rings. The molecule has 6 nitrogen and oxygen atoms in total. The highest BCUT2D eigenvalue weighted by molar-refractivity contribution is 6.06. The summed E-state index contributed by atoms with van der Waals surface area (Å²) >= 11 is 0. The second-order valence-corrected chi connectivity index (χ2v) is 7.64. The van der Waals surface area contributed by atoms with Crippen molar-refractivity contribution in [2.45, 2.75) is 25.5 Å². The van der Waals surface area contributed by atoms with E-state index in [1.807, 2.05) is 42.5 Å². The molecule has 0 saturated carbocycles. The molecule has 0 aromatic heterocycles. The van der Waals surface area contributed by atoms with Crippen LogP contribution < -0.4 is 11.1 Å². The first-order chi connectivity index (χ1) is 14.1. The van der Waals surface area contributed by atoms with Gasteiger partial charge in [0.05, 0.1) is 30.7 Å². The lowest BCUT2D eigenvalue weighted by Crippen LogP contribution is -2.35. The largest absolute Gasteiger partial charge is 0.397 e. The molecule has 1 heterocycles. The van der Waals surface area contributed by atoms with Gasteiger partial charge in [-0.25, -0.2) is 0 Å². The molecule has 4 rings (SSSR count). The highest BCUT2D eigenvalue weighted by Gasteiger charge is 2.16. The Bertz CT molecular complexity index is 902. The first-order valence-electron chi connectivity index (χ1n) is 10.1. The lowest BCUT2D eigenvalue weighted by molar-refractivity contribution is 0.0342. The van der Waals surface area contributed by atoms with Gasteiger partial charge < -0.3 is 20.9 Å². The van der Waals surface area contributed by atoms with Gasteiger partial charge in [0.25, 0.3) is 5.91 Å². The number of anilines is 2. The van der Waals surface area contributed by atoms with Gasteiger partial charge in [0, 0.05) is 25.2 Å². The van der Waals surface area contributed by atoms with Crippen molar-refractivity contribution >= 4 is 22.9 Å². The molecular formula is C23H27N3O3. The Labute approximate surface area is 171 Å². The van der Waals surface area contributed by atoms with Crippen LogP contribution >= 0.6 is 0 Å². The minimum atomic E-state index is -0.392. The van der Waals surface area contributed by atoms with Crippen LogP contribution in [-0.2, 0) is 11.3 Å². The minimum Gasteiger partial charge on any atom is -0.397 e. The number of nitrogens with zero attached hydrogens (tertiary/aromatic N) is 1. The normalized spacial score (nSPS) is 19.8. The third-order valence-corrected chi connectivity index (χ3v) is 5.50. The van der Waals surface area contributed by atoms with Crippen molar-refractivity contribution in [1.29, 1.82) is 0 Å². The Balaban J connectivity index is 1.43. The summed E-state index contributed by atoms with van der Waals surface area (Å²) in [5.74, 6) is -0.188. The second kappa shape index (κ2) is 8.78. The molecule has 1 amide bonds. The summed E-state index contributed by atoms with van der Waals surface area (Å²) in [7, 11) is 0. The highest BCUT2D eigenvalue weighted by atomic mass is 16.5. The molecule has 0 spiro atoms. The zero-order valence-electron chi connectivity index (χ0n) is 16.4. The van der Waals surface area contributed by atoms with Crippen molar-refractivity contribution in [3.8, 4) is 0 Å². The van der Waals surface area contributed by atoms with Gasteiger partial charge in [0.15, 0.2) is 0 Å². The molecule has 1 aliphatic heterocycles. The van der Waals surface area contributed by atoms with E-state index in [0.29, 0.717) is 16.9 Å². The van der Waals surface area contributed by atoms with Crippen LogP contribution in [0, 0.1) is 0 Å². The fourth-order valence-corrected chi connectivity index (χ4v) is 3.78. The van der Waals surface area contributed by atoms with Crippen molar-refractivity contribution < 1.29 is 14.6 Å². The van der Waals surface area contributed by atoms with Crippen LogP contribution in [0.15, 0.2) is 48.5 Å². The molecule has 29 heavy (non-hydrogen) atoms. The fraction of sp³-hybridized carbons (Fsp3) is 0.348. The number of nitrogens with one attached hydrogen (secondary N) is 1. The number of aliphatic hydroxyl groups excluding tert-OH is 1. The number of hydrogen-bond donors (Lipinski definition) is 3. The van der Waals surface area contributed by atoms with Crippen LogP contribution in [0.2, 0.25) is 0 Å². The molecule has 0 radical (unpaired) electrons. The molecule has 0 bridgehead atoms. The molecule has 2 aromatic carbocycles. The zero-order valence-corrected chi connectivity index (χ0v) is 16.4. The monoisotopic (exact) mass is 393 g/mol. The average molecular weight is 393 g/mol. The number of amides is 1. The van der Waals surface area contributed by atoms with Gasteiger partial charge in [-0.15, -0.1) is 0 Å². The summed E-state index contributed by atoms with van der Waals surface area (Å²) in [4.78, 5) is 15.1. The number of aliphatic hydroxyl groups is 1. The lowest BCUT2D eigenvalue weighted by atomic mass is 10.0. The highest BCUT2D eigenvalue weighted by Crippen LogP contribution is 2.31.